The van der Waals surface area contributed by atoms with Crippen molar-refractivity contribution in [3.63, 3.8) is 0 Å². The first-order valence-electron chi connectivity index (χ1n) is 11.6. The van der Waals surface area contributed by atoms with Gasteiger partial charge in [0.15, 0.2) is 6.29 Å². The van der Waals surface area contributed by atoms with Gasteiger partial charge < -0.3 is 44.5 Å². The molecule has 1 saturated carbocycles. The summed E-state index contributed by atoms with van der Waals surface area (Å²) in [5.74, 6) is -2.23. The number of carbonyl (C=O) groups is 2. The van der Waals surface area contributed by atoms with Gasteiger partial charge >= 0.3 is 5.97 Å². The van der Waals surface area contributed by atoms with Crippen molar-refractivity contribution < 1.29 is 54.1 Å². The van der Waals surface area contributed by atoms with Crippen LogP contribution in [0.5, 0.6) is 0 Å². The zero-order chi connectivity index (χ0) is 26.0. The van der Waals surface area contributed by atoms with Gasteiger partial charge in [0.1, 0.15) is 42.4 Å². The Labute approximate surface area is 207 Å². The second-order valence-electron chi connectivity index (χ2n) is 9.34. The van der Waals surface area contributed by atoms with Crippen LogP contribution in [0.3, 0.4) is 0 Å². The van der Waals surface area contributed by atoms with Crippen LogP contribution in [0, 0.1) is 11.8 Å². The molecule has 0 radical (unpaired) electrons. The largest absolute Gasteiger partial charge is 0.472 e. The molecule has 2 fully saturated rings. The van der Waals surface area contributed by atoms with Gasteiger partial charge in [0, 0.05) is 17.6 Å². The van der Waals surface area contributed by atoms with Gasteiger partial charge in [-0.3, -0.25) is 4.79 Å². The maximum atomic E-state index is 12.5. The minimum atomic E-state index is -1.72. The van der Waals surface area contributed by atoms with E-state index in [1.165, 1.54) is 19.3 Å². The van der Waals surface area contributed by atoms with Crippen LogP contribution in [0.25, 0.3) is 6.08 Å². The average Bonchev–Trinajstić information content (AvgIpc) is 3.14. The van der Waals surface area contributed by atoms with Crippen molar-refractivity contribution in [2.75, 3.05) is 6.61 Å². The second kappa shape index (κ2) is 10.8. The Morgan fingerprint density at radius 3 is 2.53 bits per heavy atom. The molecule has 11 nitrogen and oxygen atoms in total. The zero-order valence-electron chi connectivity index (χ0n) is 19.5. The van der Waals surface area contributed by atoms with Gasteiger partial charge in [-0.2, -0.15) is 0 Å². The molecule has 0 bridgehead atoms. The van der Waals surface area contributed by atoms with E-state index in [0.717, 1.165) is 5.56 Å². The van der Waals surface area contributed by atoms with Gasteiger partial charge in [0.05, 0.1) is 18.8 Å². The summed E-state index contributed by atoms with van der Waals surface area (Å²) in [7, 11) is 0. The van der Waals surface area contributed by atoms with Crippen molar-refractivity contribution in [2.45, 2.75) is 62.0 Å². The number of benzene rings is 1. The van der Waals surface area contributed by atoms with E-state index < -0.39 is 73.1 Å². The topological polar surface area (TPSA) is 172 Å². The summed E-state index contributed by atoms with van der Waals surface area (Å²) in [6.45, 7) is 0.779. The molecule has 36 heavy (non-hydrogen) atoms. The highest BCUT2D eigenvalue weighted by Gasteiger charge is 2.60. The molecule has 1 aromatic carbocycles. The normalized spacial score (nSPS) is 40.3. The minimum absolute atomic E-state index is 0.102. The Morgan fingerprint density at radius 1 is 1.14 bits per heavy atom. The lowest BCUT2D eigenvalue weighted by Crippen LogP contribution is -2.61. The molecule has 10 atom stereocenters. The number of aliphatic hydroxyl groups excluding tert-OH is 4. The number of esters is 1. The van der Waals surface area contributed by atoms with E-state index in [0.29, 0.717) is 6.29 Å². The van der Waals surface area contributed by atoms with Gasteiger partial charge in [-0.15, -0.1) is 0 Å². The molecule has 0 unspecified atom stereocenters. The Morgan fingerprint density at radius 2 is 1.86 bits per heavy atom. The van der Waals surface area contributed by atoms with Crippen LogP contribution in [0.2, 0.25) is 0 Å². The fourth-order valence-corrected chi connectivity index (χ4v) is 4.98. The van der Waals surface area contributed by atoms with E-state index in [1.807, 2.05) is 30.3 Å². The molecule has 0 spiro atoms. The van der Waals surface area contributed by atoms with Crippen molar-refractivity contribution in [2.24, 2.45) is 11.8 Å². The maximum absolute atomic E-state index is 12.5. The summed E-state index contributed by atoms with van der Waals surface area (Å²) in [6, 6.07) is 9.10. The summed E-state index contributed by atoms with van der Waals surface area (Å²) in [5, 5.41) is 51.2. The molecule has 196 valence electrons. The number of aldehydes is 1. The molecule has 1 aliphatic carbocycles. The molecule has 0 aromatic heterocycles. The smallest absolute Gasteiger partial charge is 0.331 e. The second-order valence-corrected chi connectivity index (χ2v) is 9.34. The molecule has 2 heterocycles. The summed E-state index contributed by atoms with van der Waals surface area (Å²) >= 11 is 0. The lowest BCUT2D eigenvalue weighted by Gasteiger charge is -2.44. The predicted molar refractivity (Wildman–Crippen MR) is 121 cm³/mol. The van der Waals surface area contributed by atoms with Crippen LogP contribution in [-0.4, -0.2) is 93.1 Å². The van der Waals surface area contributed by atoms with Crippen LogP contribution in [0.4, 0.5) is 0 Å². The third-order valence-corrected chi connectivity index (χ3v) is 7.01. The van der Waals surface area contributed by atoms with Crippen LogP contribution < -0.4 is 0 Å². The molecular formula is C25H30O11. The maximum Gasteiger partial charge on any atom is 0.331 e. The third kappa shape index (κ3) is 5.09. The van der Waals surface area contributed by atoms with Gasteiger partial charge in [0.2, 0.25) is 6.29 Å². The summed E-state index contributed by atoms with van der Waals surface area (Å²) in [6.07, 6.45) is -5.31. The molecule has 11 heteroatoms. The molecule has 1 saturated heterocycles. The predicted octanol–water partition coefficient (Wildman–Crippen LogP) is -0.746. The highest BCUT2D eigenvalue weighted by molar-refractivity contribution is 5.87. The fourth-order valence-electron chi connectivity index (χ4n) is 4.98. The molecule has 2 aliphatic heterocycles. The third-order valence-electron chi connectivity index (χ3n) is 7.01. The number of carbonyl (C=O) groups excluding carboxylic acids is 2. The Bertz CT molecular complexity index is 989. The number of ether oxygens (including phenoxy) is 4. The number of hydrogen-bond donors (Lipinski definition) is 5. The number of aliphatic hydroxyl groups is 5. The first-order chi connectivity index (χ1) is 17.2. The Kier molecular flexibility index (Phi) is 7.90. The van der Waals surface area contributed by atoms with Crippen molar-refractivity contribution in [3.8, 4) is 0 Å². The van der Waals surface area contributed by atoms with Gasteiger partial charge in [-0.25, -0.2) is 4.79 Å². The lowest BCUT2D eigenvalue weighted by atomic mass is 9.81. The molecule has 4 rings (SSSR count). The standard InChI is InChI=1S/C25H30O11/c1-25(32)17(35-18(28)8-7-13-5-3-2-4-6-13)9-15-14(10-26)12-33-23(19(15)25)36-24-22(31)21(30)20(29)16(11-27)34-24/h2-8,10,12,15-17,19-24,27,29-32H,9,11H2,1H3/t15-,16-,17+,19-,20-,21+,22-,23+,24+,25+/m1/s1. The molecular weight excluding hydrogens is 476 g/mol. The van der Waals surface area contributed by atoms with Crippen LogP contribution in [-0.2, 0) is 28.5 Å². The molecule has 0 amide bonds. The van der Waals surface area contributed by atoms with E-state index >= 15 is 0 Å². The number of allylic oxidation sites excluding steroid dienone is 1. The zero-order valence-corrected chi connectivity index (χ0v) is 19.5. The fraction of sp³-hybridized carbons (Fsp3) is 0.520. The molecule has 5 N–H and O–H groups in total. The van der Waals surface area contributed by atoms with Crippen molar-refractivity contribution in [1.82, 2.24) is 0 Å². The highest BCUT2D eigenvalue weighted by Crippen LogP contribution is 2.50. The van der Waals surface area contributed by atoms with Crippen molar-refractivity contribution in [1.29, 1.82) is 0 Å². The summed E-state index contributed by atoms with van der Waals surface area (Å²) in [5.41, 5.74) is -0.705. The van der Waals surface area contributed by atoms with E-state index in [9.17, 15) is 35.1 Å². The molecule has 3 aliphatic rings. The van der Waals surface area contributed by atoms with Crippen LogP contribution >= 0.6 is 0 Å². The average molecular weight is 507 g/mol. The first kappa shape index (κ1) is 26.4. The van der Waals surface area contributed by atoms with Gasteiger partial charge in [-0.05, 0) is 25.0 Å². The number of fused-ring (bicyclic) bond motifs is 1. The first-order valence-corrected chi connectivity index (χ1v) is 11.6. The van der Waals surface area contributed by atoms with E-state index in [-0.39, 0.29) is 12.0 Å². The Balaban J connectivity index is 1.51. The van der Waals surface area contributed by atoms with Gasteiger partial charge in [0.25, 0.3) is 0 Å². The van der Waals surface area contributed by atoms with Gasteiger partial charge in [-0.1, -0.05) is 30.3 Å². The number of rotatable bonds is 7. The quantitative estimate of drug-likeness (QED) is 0.179. The Hall–Kier alpha value is -2.64. The minimum Gasteiger partial charge on any atom is -0.472 e. The van der Waals surface area contributed by atoms with Crippen LogP contribution in [0.1, 0.15) is 18.9 Å². The van der Waals surface area contributed by atoms with Crippen molar-refractivity contribution in [3.05, 3.63) is 53.8 Å². The monoisotopic (exact) mass is 506 g/mol. The lowest BCUT2D eigenvalue weighted by molar-refractivity contribution is -0.347. The molecule has 1 aromatic rings. The van der Waals surface area contributed by atoms with Crippen LogP contribution in [0.15, 0.2) is 48.2 Å². The summed E-state index contributed by atoms with van der Waals surface area (Å²) in [4.78, 5) is 24.2. The van der Waals surface area contributed by atoms with E-state index in [1.54, 1.807) is 6.08 Å². The van der Waals surface area contributed by atoms with E-state index in [2.05, 4.69) is 0 Å². The van der Waals surface area contributed by atoms with E-state index in [4.69, 9.17) is 18.9 Å². The number of hydrogen-bond acceptors (Lipinski definition) is 11. The SMILES string of the molecule is C[C@@]1(O)[C@H]2[C@H](O[C@@H]3O[C@H](CO)[C@@H](O)[C@H](O)[C@H]3O)OC=C(C=O)[C@H]2C[C@@H]1OC(=O)C=Cc1ccccc1. The summed E-state index contributed by atoms with van der Waals surface area (Å²) < 4.78 is 22.2. The van der Waals surface area contributed by atoms with Crippen molar-refractivity contribution >= 4 is 18.3 Å². The highest BCUT2D eigenvalue weighted by atomic mass is 16.8.